The predicted octanol–water partition coefficient (Wildman–Crippen LogP) is 3.89. The number of hydrogen-bond donors (Lipinski definition) is 3. The molecule has 1 saturated carbocycles. The third kappa shape index (κ3) is 9.63. The van der Waals surface area contributed by atoms with Crippen molar-refractivity contribution in [2.24, 2.45) is 11.8 Å². The summed E-state index contributed by atoms with van der Waals surface area (Å²) in [7, 11) is 0. The van der Waals surface area contributed by atoms with Crippen molar-refractivity contribution < 1.29 is 24.3 Å². The number of carboxylic acid groups (broad SMARTS) is 1. The van der Waals surface area contributed by atoms with Gasteiger partial charge in [-0.05, 0) is 48.8 Å². The maximum Gasteiger partial charge on any atom is 0.320 e. The van der Waals surface area contributed by atoms with E-state index in [2.05, 4.69) is 10.8 Å². The number of benzene rings is 1. The molecule has 3 N–H and O–H groups in total. The number of amides is 1. The van der Waals surface area contributed by atoms with Gasteiger partial charge < -0.3 is 15.2 Å². The molecule has 1 aromatic carbocycles. The smallest absolute Gasteiger partial charge is 0.320 e. The minimum atomic E-state index is -0.786. The minimum absolute atomic E-state index is 0.185. The SMILES string of the molecule is CC(C)COC(C)ONC(=O)/C=C/c1cccc(CN[C@H](C(=O)O)C2CCCCC2)c1. The third-order valence-corrected chi connectivity index (χ3v) is 5.28. The van der Waals surface area contributed by atoms with Crippen molar-refractivity contribution in [3.05, 3.63) is 41.5 Å². The van der Waals surface area contributed by atoms with E-state index in [0.717, 1.165) is 36.8 Å². The molecular weight excluding hydrogens is 396 g/mol. The summed E-state index contributed by atoms with van der Waals surface area (Å²) in [6, 6.07) is 7.14. The molecule has 172 valence electrons. The summed E-state index contributed by atoms with van der Waals surface area (Å²) in [5.41, 5.74) is 4.17. The molecule has 2 rings (SSSR count). The second-order valence-corrected chi connectivity index (χ2v) is 8.55. The lowest BCUT2D eigenvalue weighted by molar-refractivity contribution is -0.180. The fraction of sp³-hybridized carbons (Fsp3) is 0.583. The third-order valence-electron chi connectivity index (χ3n) is 5.28. The zero-order valence-corrected chi connectivity index (χ0v) is 18.8. The Morgan fingerprint density at radius 1 is 1.19 bits per heavy atom. The van der Waals surface area contributed by atoms with Crippen LogP contribution in [0.25, 0.3) is 6.08 Å². The summed E-state index contributed by atoms with van der Waals surface area (Å²) in [5, 5.41) is 12.8. The number of nitrogens with one attached hydrogen (secondary N) is 2. The van der Waals surface area contributed by atoms with E-state index in [-0.39, 0.29) is 11.8 Å². The second kappa shape index (κ2) is 13.2. The van der Waals surface area contributed by atoms with Gasteiger partial charge in [-0.1, -0.05) is 57.4 Å². The van der Waals surface area contributed by atoms with Crippen LogP contribution in [0.5, 0.6) is 0 Å². The molecule has 0 aromatic heterocycles. The topological polar surface area (TPSA) is 96.9 Å². The van der Waals surface area contributed by atoms with Crippen molar-refractivity contribution >= 4 is 18.0 Å². The Bertz CT molecular complexity index is 728. The van der Waals surface area contributed by atoms with Gasteiger partial charge in [0.1, 0.15) is 6.04 Å². The Morgan fingerprint density at radius 3 is 2.61 bits per heavy atom. The Hall–Kier alpha value is -2.22. The summed E-state index contributed by atoms with van der Waals surface area (Å²) in [4.78, 5) is 28.8. The molecule has 0 heterocycles. The first-order chi connectivity index (χ1) is 14.8. The number of carboxylic acids is 1. The van der Waals surface area contributed by atoms with Crippen molar-refractivity contribution in [3.63, 3.8) is 0 Å². The highest BCUT2D eigenvalue weighted by Crippen LogP contribution is 2.27. The minimum Gasteiger partial charge on any atom is -0.480 e. The van der Waals surface area contributed by atoms with Gasteiger partial charge in [0.25, 0.3) is 5.91 Å². The van der Waals surface area contributed by atoms with Gasteiger partial charge in [0.2, 0.25) is 0 Å². The average molecular weight is 433 g/mol. The van der Waals surface area contributed by atoms with Crippen LogP contribution >= 0.6 is 0 Å². The van der Waals surface area contributed by atoms with Crippen LogP contribution < -0.4 is 10.8 Å². The molecule has 0 bridgehead atoms. The highest BCUT2D eigenvalue weighted by molar-refractivity contribution is 5.90. The number of hydrogen-bond acceptors (Lipinski definition) is 5. The second-order valence-electron chi connectivity index (χ2n) is 8.55. The molecule has 1 aromatic rings. The quantitative estimate of drug-likeness (QED) is 0.263. The summed E-state index contributed by atoms with van der Waals surface area (Å²) < 4.78 is 5.43. The van der Waals surface area contributed by atoms with E-state index in [4.69, 9.17) is 9.57 Å². The fourth-order valence-corrected chi connectivity index (χ4v) is 3.67. The predicted molar refractivity (Wildman–Crippen MR) is 120 cm³/mol. The zero-order chi connectivity index (χ0) is 22.6. The van der Waals surface area contributed by atoms with E-state index < -0.39 is 18.3 Å². The molecular formula is C24H36N2O5. The van der Waals surface area contributed by atoms with E-state index >= 15 is 0 Å². The van der Waals surface area contributed by atoms with Gasteiger partial charge in [-0.25, -0.2) is 10.3 Å². The number of carbonyl (C=O) groups is 2. The Balaban J connectivity index is 1.83. The van der Waals surface area contributed by atoms with Crippen LogP contribution in [0.4, 0.5) is 0 Å². The lowest BCUT2D eigenvalue weighted by Gasteiger charge is -2.28. The van der Waals surface area contributed by atoms with E-state index in [1.807, 2.05) is 38.1 Å². The number of carbonyl (C=O) groups excluding carboxylic acids is 1. The zero-order valence-electron chi connectivity index (χ0n) is 18.8. The number of rotatable bonds is 12. The van der Waals surface area contributed by atoms with Crippen LogP contribution in [0, 0.1) is 11.8 Å². The van der Waals surface area contributed by atoms with Gasteiger partial charge in [0.15, 0.2) is 6.29 Å². The van der Waals surface area contributed by atoms with Crippen LogP contribution in [-0.4, -0.2) is 35.9 Å². The highest BCUT2D eigenvalue weighted by atomic mass is 16.8. The molecule has 0 aliphatic heterocycles. The summed E-state index contributed by atoms with van der Waals surface area (Å²) in [5.74, 6) is -0.597. The van der Waals surface area contributed by atoms with Crippen LogP contribution in [0.3, 0.4) is 0 Å². The van der Waals surface area contributed by atoms with Gasteiger partial charge >= 0.3 is 5.97 Å². The van der Waals surface area contributed by atoms with Gasteiger partial charge in [0.05, 0.1) is 6.61 Å². The standard InChI is InChI=1S/C24H36N2O5/c1-17(2)16-30-18(3)31-26-22(27)13-12-19-8-7-9-20(14-19)15-25-23(24(28)29)21-10-5-4-6-11-21/h7-9,12-14,17-18,21,23,25H,4-6,10-11,15-16H2,1-3H3,(H,26,27)(H,28,29)/b13-12+/t18?,23-/m0/s1. The van der Waals surface area contributed by atoms with Crippen molar-refractivity contribution in [1.82, 2.24) is 10.8 Å². The monoisotopic (exact) mass is 432 g/mol. The van der Waals surface area contributed by atoms with Gasteiger partial charge in [-0.2, -0.15) is 0 Å². The molecule has 1 aliphatic rings. The summed E-state index contributed by atoms with van der Waals surface area (Å²) in [6.07, 6.45) is 7.88. The Labute approximate surface area is 185 Å². The Morgan fingerprint density at radius 2 is 1.94 bits per heavy atom. The van der Waals surface area contributed by atoms with Crippen LogP contribution in [0.15, 0.2) is 30.3 Å². The molecule has 7 nitrogen and oxygen atoms in total. The molecule has 1 amide bonds. The lowest BCUT2D eigenvalue weighted by Crippen LogP contribution is -2.43. The maximum atomic E-state index is 12.0. The number of aliphatic carboxylic acids is 1. The molecule has 0 spiro atoms. The maximum absolute atomic E-state index is 12.0. The molecule has 7 heteroatoms. The normalized spacial score (nSPS) is 17.0. The van der Waals surface area contributed by atoms with Gasteiger partial charge in [-0.15, -0.1) is 0 Å². The first kappa shape index (κ1) is 25.0. The van der Waals surface area contributed by atoms with Crippen molar-refractivity contribution in [2.75, 3.05) is 6.61 Å². The molecule has 0 saturated heterocycles. The molecule has 1 aliphatic carbocycles. The average Bonchev–Trinajstić information content (AvgIpc) is 2.75. The first-order valence-corrected chi connectivity index (χ1v) is 11.2. The number of hydroxylamine groups is 1. The van der Waals surface area contributed by atoms with Crippen LogP contribution in [-0.2, 0) is 25.7 Å². The van der Waals surface area contributed by atoms with E-state index in [1.165, 1.54) is 12.5 Å². The highest BCUT2D eigenvalue weighted by Gasteiger charge is 2.28. The molecule has 0 radical (unpaired) electrons. The van der Waals surface area contributed by atoms with Crippen molar-refractivity contribution in [1.29, 1.82) is 0 Å². The van der Waals surface area contributed by atoms with Crippen LogP contribution in [0.1, 0.15) is 64.0 Å². The molecule has 1 fully saturated rings. The summed E-state index contributed by atoms with van der Waals surface area (Å²) >= 11 is 0. The van der Waals surface area contributed by atoms with Gasteiger partial charge in [0, 0.05) is 12.6 Å². The molecule has 1 unspecified atom stereocenters. The number of ether oxygens (including phenoxy) is 1. The fourth-order valence-electron chi connectivity index (χ4n) is 3.67. The Kier molecular flexibility index (Phi) is 10.7. The summed E-state index contributed by atoms with van der Waals surface area (Å²) in [6.45, 7) is 6.82. The lowest BCUT2D eigenvalue weighted by atomic mass is 9.84. The van der Waals surface area contributed by atoms with E-state index in [9.17, 15) is 14.7 Å². The molecule has 2 atom stereocenters. The first-order valence-electron chi connectivity index (χ1n) is 11.2. The molecule has 31 heavy (non-hydrogen) atoms. The largest absolute Gasteiger partial charge is 0.480 e. The van der Waals surface area contributed by atoms with Gasteiger partial charge in [-0.3, -0.25) is 9.59 Å². The van der Waals surface area contributed by atoms with Crippen molar-refractivity contribution in [2.45, 2.75) is 71.8 Å². The van der Waals surface area contributed by atoms with Crippen LogP contribution in [0.2, 0.25) is 0 Å². The van der Waals surface area contributed by atoms with Crippen molar-refractivity contribution in [3.8, 4) is 0 Å². The van der Waals surface area contributed by atoms with E-state index in [1.54, 1.807) is 13.0 Å². The van der Waals surface area contributed by atoms with E-state index in [0.29, 0.717) is 19.1 Å².